The standard InChI is InChI=1S/C12H16N2O6S/c1-2-9-8-20-6-5-13(9)21(18,19)10-3-4-12(15)11(7-10)14(16)17/h3-4,7,9,15H,2,5-6,8H2,1H3. The normalized spacial score (nSPS) is 20.3. The van der Waals surface area contributed by atoms with Crippen LogP contribution in [0, 0.1) is 10.1 Å². The SMILES string of the molecule is CCC1COCCN1S(=O)(=O)c1ccc(O)c([N+](=O)[O-])c1. The van der Waals surface area contributed by atoms with Crippen molar-refractivity contribution in [1.29, 1.82) is 0 Å². The van der Waals surface area contributed by atoms with Crippen molar-refractivity contribution in [2.24, 2.45) is 0 Å². The third-order valence-electron chi connectivity index (χ3n) is 3.39. The Balaban J connectivity index is 2.43. The fraction of sp³-hybridized carbons (Fsp3) is 0.500. The second kappa shape index (κ2) is 5.96. The number of nitro benzene ring substituents is 1. The van der Waals surface area contributed by atoms with Crippen molar-refractivity contribution < 1.29 is 23.2 Å². The zero-order valence-electron chi connectivity index (χ0n) is 11.4. The Hall–Kier alpha value is -1.71. The Morgan fingerprint density at radius 2 is 2.24 bits per heavy atom. The lowest BCUT2D eigenvalue weighted by Gasteiger charge is -2.33. The quantitative estimate of drug-likeness (QED) is 0.658. The summed E-state index contributed by atoms with van der Waals surface area (Å²) in [5.74, 6) is -0.562. The molecule has 116 valence electrons. The lowest BCUT2D eigenvalue weighted by molar-refractivity contribution is -0.386. The molecule has 1 heterocycles. The molecule has 21 heavy (non-hydrogen) atoms. The van der Waals surface area contributed by atoms with Crippen molar-refractivity contribution in [2.75, 3.05) is 19.8 Å². The Morgan fingerprint density at radius 3 is 2.86 bits per heavy atom. The highest BCUT2D eigenvalue weighted by Crippen LogP contribution is 2.30. The minimum Gasteiger partial charge on any atom is -0.502 e. The Morgan fingerprint density at radius 1 is 1.52 bits per heavy atom. The van der Waals surface area contributed by atoms with Gasteiger partial charge in [-0.05, 0) is 18.6 Å². The zero-order valence-corrected chi connectivity index (χ0v) is 12.2. The second-order valence-electron chi connectivity index (χ2n) is 4.66. The molecule has 1 unspecified atom stereocenters. The van der Waals surface area contributed by atoms with E-state index in [0.717, 1.165) is 12.1 Å². The van der Waals surface area contributed by atoms with E-state index in [4.69, 9.17) is 4.74 Å². The first-order chi connectivity index (χ1) is 9.87. The van der Waals surface area contributed by atoms with Crippen LogP contribution >= 0.6 is 0 Å². The minimum absolute atomic E-state index is 0.202. The fourth-order valence-corrected chi connectivity index (χ4v) is 3.91. The number of ether oxygens (including phenoxy) is 1. The summed E-state index contributed by atoms with van der Waals surface area (Å²) in [4.78, 5) is 9.80. The summed E-state index contributed by atoms with van der Waals surface area (Å²) in [5.41, 5.74) is -0.627. The number of aromatic hydroxyl groups is 1. The molecule has 0 radical (unpaired) electrons. The highest BCUT2D eigenvalue weighted by atomic mass is 32.2. The van der Waals surface area contributed by atoms with Crippen molar-refractivity contribution in [3.63, 3.8) is 0 Å². The van der Waals surface area contributed by atoms with Gasteiger partial charge in [-0.3, -0.25) is 10.1 Å². The van der Waals surface area contributed by atoms with E-state index < -0.39 is 26.4 Å². The van der Waals surface area contributed by atoms with Crippen LogP contribution in [0.15, 0.2) is 23.1 Å². The number of hydrogen-bond donors (Lipinski definition) is 1. The first-order valence-electron chi connectivity index (χ1n) is 6.45. The van der Waals surface area contributed by atoms with E-state index >= 15 is 0 Å². The van der Waals surface area contributed by atoms with Crippen molar-refractivity contribution >= 4 is 15.7 Å². The number of benzene rings is 1. The molecule has 1 saturated heterocycles. The molecule has 0 aliphatic carbocycles. The summed E-state index contributed by atoms with van der Waals surface area (Å²) in [5, 5.41) is 20.2. The molecule has 1 aromatic rings. The van der Waals surface area contributed by atoms with Crippen LogP contribution in [0.3, 0.4) is 0 Å². The summed E-state index contributed by atoms with van der Waals surface area (Å²) in [7, 11) is -3.86. The molecular weight excluding hydrogens is 300 g/mol. The molecule has 1 aliphatic heterocycles. The van der Waals surface area contributed by atoms with E-state index in [-0.39, 0.29) is 24.1 Å². The maximum atomic E-state index is 12.6. The van der Waals surface area contributed by atoms with Gasteiger partial charge in [-0.2, -0.15) is 4.31 Å². The first kappa shape index (κ1) is 15.7. The van der Waals surface area contributed by atoms with Crippen molar-refractivity contribution in [3.8, 4) is 5.75 Å². The Kier molecular flexibility index (Phi) is 4.45. The molecule has 1 aliphatic rings. The average Bonchev–Trinajstić information content (AvgIpc) is 2.47. The third kappa shape index (κ3) is 2.99. The van der Waals surface area contributed by atoms with Gasteiger partial charge in [0.25, 0.3) is 0 Å². The number of rotatable bonds is 4. The van der Waals surface area contributed by atoms with E-state index in [1.165, 1.54) is 10.4 Å². The largest absolute Gasteiger partial charge is 0.502 e. The number of sulfonamides is 1. The van der Waals surface area contributed by atoms with Gasteiger partial charge in [-0.1, -0.05) is 6.92 Å². The lowest BCUT2D eigenvalue weighted by Crippen LogP contribution is -2.48. The maximum Gasteiger partial charge on any atom is 0.312 e. The fourth-order valence-electron chi connectivity index (χ4n) is 2.22. The molecule has 1 aromatic carbocycles. The van der Waals surface area contributed by atoms with Gasteiger partial charge in [0, 0.05) is 18.7 Å². The Labute approximate surface area is 122 Å². The van der Waals surface area contributed by atoms with Gasteiger partial charge in [-0.15, -0.1) is 0 Å². The monoisotopic (exact) mass is 316 g/mol. The van der Waals surface area contributed by atoms with Crippen LogP contribution < -0.4 is 0 Å². The van der Waals surface area contributed by atoms with Gasteiger partial charge in [0.05, 0.1) is 23.0 Å². The molecule has 0 aromatic heterocycles. The lowest BCUT2D eigenvalue weighted by atomic mass is 10.2. The molecule has 1 atom stereocenters. The second-order valence-corrected chi connectivity index (χ2v) is 6.55. The van der Waals surface area contributed by atoms with Crippen molar-refractivity contribution in [1.82, 2.24) is 4.31 Å². The number of morpholine rings is 1. The van der Waals surface area contributed by atoms with E-state index in [2.05, 4.69) is 0 Å². The third-order valence-corrected chi connectivity index (χ3v) is 5.34. The predicted molar refractivity (Wildman–Crippen MR) is 73.6 cm³/mol. The van der Waals surface area contributed by atoms with E-state index in [0.29, 0.717) is 13.0 Å². The summed E-state index contributed by atoms with van der Waals surface area (Å²) in [6.07, 6.45) is 0.583. The van der Waals surface area contributed by atoms with Gasteiger partial charge in [-0.25, -0.2) is 8.42 Å². The maximum absolute atomic E-state index is 12.6. The topological polar surface area (TPSA) is 110 Å². The molecule has 8 nitrogen and oxygen atoms in total. The molecule has 0 amide bonds. The average molecular weight is 316 g/mol. The predicted octanol–water partition coefficient (Wildman–Crippen LogP) is 1.10. The van der Waals surface area contributed by atoms with Crippen LogP contribution in [-0.2, 0) is 14.8 Å². The number of hydrogen-bond acceptors (Lipinski definition) is 6. The molecule has 2 rings (SSSR count). The number of nitro groups is 1. The van der Waals surface area contributed by atoms with Crippen LogP contribution in [0.1, 0.15) is 13.3 Å². The van der Waals surface area contributed by atoms with E-state index in [9.17, 15) is 23.6 Å². The molecule has 9 heteroatoms. The molecule has 1 fully saturated rings. The minimum atomic E-state index is -3.86. The van der Waals surface area contributed by atoms with Crippen LogP contribution in [0.4, 0.5) is 5.69 Å². The van der Waals surface area contributed by atoms with E-state index in [1.807, 2.05) is 6.92 Å². The molecule has 1 N–H and O–H groups in total. The van der Waals surface area contributed by atoms with Crippen LogP contribution in [-0.4, -0.2) is 48.6 Å². The molecule has 0 spiro atoms. The van der Waals surface area contributed by atoms with Gasteiger partial charge in [0.2, 0.25) is 10.0 Å². The van der Waals surface area contributed by atoms with Gasteiger partial charge < -0.3 is 9.84 Å². The van der Waals surface area contributed by atoms with E-state index in [1.54, 1.807) is 0 Å². The highest BCUT2D eigenvalue weighted by molar-refractivity contribution is 7.89. The van der Waals surface area contributed by atoms with Crippen molar-refractivity contribution in [3.05, 3.63) is 28.3 Å². The zero-order chi connectivity index (χ0) is 15.6. The Bertz CT molecular complexity index is 645. The smallest absolute Gasteiger partial charge is 0.312 e. The summed E-state index contributed by atoms with van der Waals surface area (Å²) < 4.78 is 31.8. The van der Waals surface area contributed by atoms with Crippen LogP contribution in [0.25, 0.3) is 0 Å². The molecular formula is C12H16N2O6S. The van der Waals surface area contributed by atoms with Crippen molar-refractivity contribution in [2.45, 2.75) is 24.3 Å². The van der Waals surface area contributed by atoms with Crippen LogP contribution in [0.5, 0.6) is 5.75 Å². The summed E-state index contributed by atoms with van der Waals surface area (Å²) >= 11 is 0. The number of nitrogens with zero attached hydrogens (tertiary/aromatic N) is 2. The van der Waals surface area contributed by atoms with Gasteiger partial charge >= 0.3 is 5.69 Å². The summed E-state index contributed by atoms with van der Waals surface area (Å²) in [6, 6.07) is 2.77. The summed E-state index contributed by atoms with van der Waals surface area (Å²) in [6.45, 7) is 2.64. The highest BCUT2D eigenvalue weighted by Gasteiger charge is 2.34. The van der Waals surface area contributed by atoms with Crippen LogP contribution in [0.2, 0.25) is 0 Å². The van der Waals surface area contributed by atoms with Gasteiger partial charge in [0.1, 0.15) is 0 Å². The number of phenolic OH excluding ortho intramolecular Hbond substituents is 1. The first-order valence-corrected chi connectivity index (χ1v) is 7.89. The molecule has 0 saturated carbocycles. The van der Waals surface area contributed by atoms with Gasteiger partial charge in [0.15, 0.2) is 5.75 Å². The molecule has 0 bridgehead atoms. The number of phenols is 1.